The number of hydrogen-bond acceptors (Lipinski definition) is 5. The van der Waals surface area contributed by atoms with E-state index in [9.17, 15) is 13.2 Å². The van der Waals surface area contributed by atoms with Crippen LogP contribution >= 0.6 is 0 Å². The number of nitrogens with zero attached hydrogens (tertiary/aromatic N) is 1. The standard InChI is InChI=1S/C25H24N2O4S/c1-25(2)15-19-23(21(28)16-25)24(22-13-8-14-31-22)27(20-12-7-6-11-18(20)26-19)32(29,30)17-9-4-3-5-10-17/h3-14,24,26H,15-16H2,1-2H3/t24-/m1/s1. The first-order valence-electron chi connectivity index (χ1n) is 10.5. The van der Waals surface area contributed by atoms with Gasteiger partial charge in [-0.25, -0.2) is 12.7 Å². The molecule has 0 spiro atoms. The number of rotatable bonds is 3. The van der Waals surface area contributed by atoms with Gasteiger partial charge in [0.2, 0.25) is 0 Å². The van der Waals surface area contributed by atoms with E-state index in [0.717, 1.165) is 5.70 Å². The van der Waals surface area contributed by atoms with E-state index in [2.05, 4.69) is 5.32 Å². The van der Waals surface area contributed by atoms with Crippen LogP contribution in [0.5, 0.6) is 0 Å². The van der Waals surface area contributed by atoms with Gasteiger partial charge in [0.05, 0.1) is 22.5 Å². The minimum absolute atomic E-state index is 0.0776. The van der Waals surface area contributed by atoms with Crippen molar-refractivity contribution in [1.82, 2.24) is 0 Å². The van der Waals surface area contributed by atoms with E-state index in [1.807, 2.05) is 26.0 Å². The van der Waals surface area contributed by atoms with Crippen molar-refractivity contribution in [2.24, 2.45) is 5.41 Å². The maximum absolute atomic E-state index is 14.0. The molecular weight excluding hydrogens is 424 g/mol. The molecule has 0 saturated carbocycles. The van der Waals surface area contributed by atoms with Gasteiger partial charge in [-0.2, -0.15) is 0 Å². The molecule has 5 rings (SSSR count). The SMILES string of the molecule is CC1(C)CC(=O)C2=C(C1)Nc1ccccc1N(S(=O)(=O)c1ccccc1)[C@@H]2c1ccco1. The van der Waals surface area contributed by atoms with E-state index in [1.165, 1.54) is 10.6 Å². The maximum atomic E-state index is 14.0. The zero-order chi connectivity index (χ0) is 22.5. The molecule has 1 aliphatic heterocycles. The summed E-state index contributed by atoms with van der Waals surface area (Å²) < 4.78 is 35.1. The molecule has 0 radical (unpaired) electrons. The zero-order valence-corrected chi connectivity index (χ0v) is 18.7. The van der Waals surface area contributed by atoms with Gasteiger partial charge in [0.1, 0.15) is 11.8 Å². The van der Waals surface area contributed by atoms with Crippen LogP contribution in [0.3, 0.4) is 0 Å². The molecule has 32 heavy (non-hydrogen) atoms. The van der Waals surface area contributed by atoms with E-state index >= 15 is 0 Å². The van der Waals surface area contributed by atoms with Crippen LogP contribution in [-0.4, -0.2) is 14.2 Å². The van der Waals surface area contributed by atoms with Gasteiger partial charge in [0.25, 0.3) is 10.0 Å². The van der Waals surface area contributed by atoms with E-state index < -0.39 is 16.1 Å². The number of carbonyl (C=O) groups is 1. The largest absolute Gasteiger partial charge is 0.467 e. The molecule has 0 bridgehead atoms. The van der Waals surface area contributed by atoms with Crippen molar-refractivity contribution in [3.63, 3.8) is 0 Å². The van der Waals surface area contributed by atoms with Crippen molar-refractivity contribution < 1.29 is 17.6 Å². The van der Waals surface area contributed by atoms with Gasteiger partial charge in [0.15, 0.2) is 5.78 Å². The van der Waals surface area contributed by atoms with Crippen LogP contribution in [-0.2, 0) is 14.8 Å². The predicted octanol–water partition coefficient (Wildman–Crippen LogP) is 5.28. The lowest BCUT2D eigenvalue weighted by Gasteiger charge is -2.36. The Morgan fingerprint density at radius 2 is 1.69 bits per heavy atom. The highest BCUT2D eigenvalue weighted by Gasteiger charge is 2.46. The normalized spacial score (nSPS) is 20.2. The van der Waals surface area contributed by atoms with Crippen LogP contribution in [0.4, 0.5) is 11.4 Å². The number of para-hydroxylation sites is 2. The van der Waals surface area contributed by atoms with Crippen LogP contribution in [0.15, 0.2) is 93.6 Å². The Morgan fingerprint density at radius 1 is 0.969 bits per heavy atom. The predicted molar refractivity (Wildman–Crippen MR) is 123 cm³/mol. The van der Waals surface area contributed by atoms with Gasteiger partial charge < -0.3 is 9.73 Å². The number of benzene rings is 2. The molecule has 7 heteroatoms. The number of anilines is 2. The number of ketones is 1. The average molecular weight is 449 g/mol. The molecule has 6 nitrogen and oxygen atoms in total. The summed E-state index contributed by atoms with van der Waals surface area (Å²) in [6.07, 6.45) is 2.46. The summed E-state index contributed by atoms with van der Waals surface area (Å²) in [5, 5.41) is 3.40. The fraction of sp³-hybridized carbons (Fsp3) is 0.240. The number of fused-ring (bicyclic) bond motifs is 1. The molecule has 0 unspecified atom stereocenters. The Hall–Kier alpha value is -3.32. The van der Waals surface area contributed by atoms with Gasteiger partial charge in [-0.05, 0) is 48.2 Å². The van der Waals surface area contributed by atoms with Crippen molar-refractivity contribution in [2.75, 3.05) is 9.62 Å². The Morgan fingerprint density at radius 3 is 2.41 bits per heavy atom. The van der Waals surface area contributed by atoms with E-state index in [1.54, 1.807) is 54.6 Å². The third kappa shape index (κ3) is 3.33. The van der Waals surface area contributed by atoms with Gasteiger partial charge >= 0.3 is 0 Å². The monoisotopic (exact) mass is 448 g/mol. The highest BCUT2D eigenvalue weighted by molar-refractivity contribution is 7.92. The lowest BCUT2D eigenvalue weighted by atomic mass is 9.74. The number of sulfonamides is 1. The van der Waals surface area contributed by atoms with E-state index in [-0.39, 0.29) is 16.1 Å². The van der Waals surface area contributed by atoms with Crippen LogP contribution < -0.4 is 9.62 Å². The Labute approximate surface area is 187 Å². The molecule has 1 atom stereocenters. The molecule has 0 saturated heterocycles. The summed E-state index contributed by atoms with van der Waals surface area (Å²) in [6.45, 7) is 4.10. The second-order valence-electron chi connectivity index (χ2n) is 9.01. The summed E-state index contributed by atoms with van der Waals surface area (Å²) in [5.74, 6) is 0.329. The molecule has 2 aromatic carbocycles. The molecular formula is C25H24N2O4S. The van der Waals surface area contributed by atoms with Gasteiger partial charge in [-0.3, -0.25) is 4.79 Å². The van der Waals surface area contributed by atoms with Crippen molar-refractivity contribution >= 4 is 27.2 Å². The fourth-order valence-electron chi connectivity index (χ4n) is 4.63. The minimum atomic E-state index is -4.03. The minimum Gasteiger partial charge on any atom is -0.467 e. The number of hydrogen-bond donors (Lipinski definition) is 1. The zero-order valence-electron chi connectivity index (χ0n) is 17.9. The lowest BCUT2D eigenvalue weighted by Crippen LogP contribution is -2.39. The van der Waals surface area contributed by atoms with Crippen molar-refractivity contribution in [2.45, 2.75) is 37.6 Å². The van der Waals surface area contributed by atoms with Crippen LogP contribution in [0, 0.1) is 5.41 Å². The summed E-state index contributed by atoms with van der Waals surface area (Å²) >= 11 is 0. The fourth-order valence-corrected chi connectivity index (χ4v) is 6.27. The van der Waals surface area contributed by atoms with Gasteiger partial charge in [-0.15, -0.1) is 0 Å². The molecule has 0 fully saturated rings. The first-order chi connectivity index (χ1) is 15.3. The quantitative estimate of drug-likeness (QED) is 0.589. The van der Waals surface area contributed by atoms with Crippen LogP contribution in [0.25, 0.3) is 0 Å². The third-order valence-electron chi connectivity index (χ3n) is 5.97. The summed E-state index contributed by atoms with van der Waals surface area (Å²) in [7, 11) is -4.03. The number of nitrogens with one attached hydrogen (secondary N) is 1. The van der Waals surface area contributed by atoms with Crippen LogP contribution in [0.2, 0.25) is 0 Å². The smallest absolute Gasteiger partial charge is 0.265 e. The van der Waals surface area contributed by atoms with Crippen molar-refractivity contribution in [3.05, 3.63) is 90.0 Å². The van der Waals surface area contributed by atoms with Gasteiger partial charge in [-0.1, -0.05) is 44.2 Å². The molecule has 2 aliphatic rings. The van der Waals surface area contributed by atoms with E-state index in [4.69, 9.17) is 4.42 Å². The van der Waals surface area contributed by atoms with E-state index in [0.29, 0.717) is 35.5 Å². The highest BCUT2D eigenvalue weighted by atomic mass is 32.2. The summed E-state index contributed by atoms with van der Waals surface area (Å²) in [5.41, 5.74) is 2.05. The second kappa shape index (κ2) is 7.38. The molecule has 1 N–H and O–H groups in total. The first kappa shape index (κ1) is 20.6. The third-order valence-corrected chi connectivity index (χ3v) is 7.76. The Balaban J connectivity index is 1.83. The lowest BCUT2D eigenvalue weighted by molar-refractivity contribution is -0.118. The molecule has 1 aliphatic carbocycles. The summed E-state index contributed by atoms with van der Waals surface area (Å²) in [4.78, 5) is 13.7. The molecule has 3 aromatic rings. The number of furan rings is 1. The van der Waals surface area contributed by atoms with Crippen molar-refractivity contribution in [1.29, 1.82) is 0 Å². The van der Waals surface area contributed by atoms with Crippen molar-refractivity contribution in [3.8, 4) is 0 Å². The summed E-state index contributed by atoms with van der Waals surface area (Å²) in [6, 6.07) is 18.0. The number of allylic oxidation sites excluding steroid dienone is 1. The average Bonchev–Trinajstić information content (AvgIpc) is 3.23. The topological polar surface area (TPSA) is 79.6 Å². The number of carbonyl (C=O) groups excluding carboxylic acids is 1. The maximum Gasteiger partial charge on any atom is 0.265 e. The van der Waals surface area contributed by atoms with Gasteiger partial charge in [0, 0.05) is 17.7 Å². The molecule has 164 valence electrons. The Kier molecular flexibility index (Phi) is 4.74. The molecule has 0 amide bonds. The molecule has 2 heterocycles. The second-order valence-corrected chi connectivity index (χ2v) is 10.8. The Bertz CT molecular complexity index is 1310. The highest BCUT2D eigenvalue weighted by Crippen LogP contribution is 2.49. The number of Topliss-reactive ketones (excluding diaryl/α,β-unsaturated/α-hetero) is 1. The van der Waals surface area contributed by atoms with Crippen LogP contribution in [0.1, 0.15) is 38.5 Å². The first-order valence-corrected chi connectivity index (χ1v) is 12.0. The molecule has 1 aromatic heterocycles.